The van der Waals surface area contributed by atoms with Gasteiger partial charge in [-0.3, -0.25) is 0 Å². The van der Waals surface area contributed by atoms with Gasteiger partial charge < -0.3 is 14.9 Å². The number of carbonyl (C=O) groups is 2. The Morgan fingerprint density at radius 3 is 2.61 bits per heavy atom. The van der Waals surface area contributed by atoms with Gasteiger partial charge in [0.15, 0.2) is 6.10 Å². The van der Waals surface area contributed by atoms with Crippen LogP contribution < -0.4 is 4.74 Å². The molecule has 1 atom stereocenters. The van der Waals surface area contributed by atoms with Crippen molar-refractivity contribution in [3.05, 3.63) is 34.9 Å². The lowest BCUT2D eigenvalue weighted by molar-refractivity contribution is -0.144. The van der Waals surface area contributed by atoms with Crippen molar-refractivity contribution in [1.29, 1.82) is 0 Å². The highest BCUT2D eigenvalue weighted by atomic mass is 35.5. The minimum atomic E-state index is -1.12. The molecule has 0 aliphatic carbocycles. The summed E-state index contributed by atoms with van der Waals surface area (Å²) in [4.78, 5) is 21.1. The van der Waals surface area contributed by atoms with Crippen LogP contribution >= 0.6 is 11.6 Å². The molecule has 1 aromatic carbocycles. The molecule has 0 spiro atoms. The van der Waals surface area contributed by atoms with E-state index in [-0.39, 0.29) is 5.75 Å². The molecule has 1 unspecified atom stereocenters. The second kappa shape index (κ2) is 6.07. The van der Waals surface area contributed by atoms with E-state index in [4.69, 9.17) is 26.6 Å². The standard InChI is InChI=1S/C12H11ClO5/c1-7(12(16)17)18-10-4-3-9(13)6-8(10)2-5-11(14)15/h2-7H,1H3,(H,14,15)(H,16,17). The van der Waals surface area contributed by atoms with Crippen molar-refractivity contribution in [2.24, 2.45) is 0 Å². The molecule has 0 amide bonds. The highest BCUT2D eigenvalue weighted by Crippen LogP contribution is 2.25. The van der Waals surface area contributed by atoms with Crippen LogP contribution in [0.25, 0.3) is 6.08 Å². The van der Waals surface area contributed by atoms with Gasteiger partial charge in [-0.25, -0.2) is 9.59 Å². The van der Waals surface area contributed by atoms with Crippen molar-refractivity contribution in [3.63, 3.8) is 0 Å². The van der Waals surface area contributed by atoms with Gasteiger partial charge in [0.05, 0.1) is 0 Å². The Morgan fingerprint density at radius 1 is 1.39 bits per heavy atom. The third-order valence-electron chi connectivity index (χ3n) is 2.03. The van der Waals surface area contributed by atoms with E-state index in [0.29, 0.717) is 10.6 Å². The molecule has 0 bridgehead atoms. The highest BCUT2D eigenvalue weighted by molar-refractivity contribution is 6.30. The normalized spacial score (nSPS) is 12.3. The minimum Gasteiger partial charge on any atom is -0.479 e. The number of rotatable bonds is 5. The maximum absolute atomic E-state index is 10.7. The van der Waals surface area contributed by atoms with Crippen LogP contribution in [0.15, 0.2) is 24.3 Å². The number of benzene rings is 1. The van der Waals surface area contributed by atoms with Gasteiger partial charge in [0, 0.05) is 16.7 Å². The zero-order valence-corrected chi connectivity index (χ0v) is 10.2. The fourth-order valence-electron chi connectivity index (χ4n) is 1.16. The molecular weight excluding hydrogens is 260 g/mol. The maximum Gasteiger partial charge on any atom is 0.344 e. The van der Waals surface area contributed by atoms with Gasteiger partial charge in [-0.1, -0.05) is 11.6 Å². The summed E-state index contributed by atoms with van der Waals surface area (Å²) in [7, 11) is 0. The fraction of sp³-hybridized carbons (Fsp3) is 0.167. The van der Waals surface area contributed by atoms with E-state index < -0.39 is 18.0 Å². The molecular formula is C12H11ClO5. The van der Waals surface area contributed by atoms with E-state index in [1.54, 1.807) is 0 Å². The summed E-state index contributed by atoms with van der Waals surface area (Å²) < 4.78 is 5.19. The largest absolute Gasteiger partial charge is 0.479 e. The Morgan fingerprint density at radius 2 is 2.06 bits per heavy atom. The smallest absolute Gasteiger partial charge is 0.344 e. The van der Waals surface area contributed by atoms with Crippen LogP contribution in [-0.2, 0) is 9.59 Å². The Labute approximate surface area is 108 Å². The van der Waals surface area contributed by atoms with E-state index in [1.165, 1.54) is 31.2 Å². The molecule has 1 rings (SSSR count). The van der Waals surface area contributed by atoms with Crippen LogP contribution in [0.5, 0.6) is 5.75 Å². The molecule has 1 aromatic rings. The average molecular weight is 271 g/mol. The SMILES string of the molecule is CC(Oc1ccc(Cl)cc1C=CC(=O)O)C(=O)O. The van der Waals surface area contributed by atoms with E-state index in [1.807, 2.05) is 0 Å². The van der Waals surface area contributed by atoms with Crippen molar-refractivity contribution in [3.8, 4) is 5.75 Å². The lowest BCUT2D eigenvalue weighted by Gasteiger charge is -2.12. The summed E-state index contributed by atoms with van der Waals surface area (Å²) in [6.07, 6.45) is 1.17. The molecule has 2 N–H and O–H groups in total. The lowest BCUT2D eigenvalue weighted by atomic mass is 10.2. The van der Waals surface area contributed by atoms with Crippen LogP contribution in [0.2, 0.25) is 5.02 Å². The van der Waals surface area contributed by atoms with Gasteiger partial charge in [0.2, 0.25) is 0 Å². The summed E-state index contributed by atoms with van der Waals surface area (Å²) >= 11 is 5.78. The van der Waals surface area contributed by atoms with Gasteiger partial charge >= 0.3 is 11.9 Å². The van der Waals surface area contributed by atoms with E-state index in [0.717, 1.165) is 6.08 Å². The van der Waals surface area contributed by atoms with E-state index >= 15 is 0 Å². The molecule has 0 aliphatic heterocycles. The first kappa shape index (κ1) is 14.1. The molecule has 0 aromatic heterocycles. The minimum absolute atomic E-state index is 0.256. The molecule has 0 fully saturated rings. The van der Waals surface area contributed by atoms with Crippen LogP contribution in [0, 0.1) is 0 Å². The molecule has 0 aliphatic rings. The second-order valence-electron chi connectivity index (χ2n) is 3.45. The molecule has 0 saturated heterocycles. The molecule has 0 heterocycles. The summed E-state index contributed by atoms with van der Waals surface area (Å²) in [5.41, 5.74) is 0.401. The Bertz CT molecular complexity index is 495. The zero-order valence-electron chi connectivity index (χ0n) is 9.46. The van der Waals surface area contributed by atoms with Crippen molar-refractivity contribution in [2.45, 2.75) is 13.0 Å². The van der Waals surface area contributed by atoms with Crippen LogP contribution in [0.4, 0.5) is 0 Å². The van der Waals surface area contributed by atoms with Gasteiger partial charge in [-0.2, -0.15) is 0 Å². The monoisotopic (exact) mass is 270 g/mol. The number of carboxylic acid groups (broad SMARTS) is 2. The number of hydrogen-bond acceptors (Lipinski definition) is 3. The molecule has 5 nitrogen and oxygen atoms in total. The van der Waals surface area contributed by atoms with Gasteiger partial charge in [-0.15, -0.1) is 0 Å². The lowest BCUT2D eigenvalue weighted by Crippen LogP contribution is -2.23. The number of hydrogen-bond donors (Lipinski definition) is 2. The van der Waals surface area contributed by atoms with Crippen LogP contribution in [-0.4, -0.2) is 28.3 Å². The predicted octanol–water partition coefficient (Wildman–Crippen LogP) is 2.29. The maximum atomic E-state index is 10.7. The molecule has 6 heteroatoms. The quantitative estimate of drug-likeness (QED) is 0.802. The summed E-state index contributed by atoms with van der Waals surface area (Å²) in [5, 5.41) is 17.7. The summed E-state index contributed by atoms with van der Waals surface area (Å²) in [6, 6.07) is 4.51. The third kappa shape index (κ3) is 4.10. The van der Waals surface area contributed by atoms with E-state index in [2.05, 4.69) is 0 Å². The number of halogens is 1. The first-order valence-electron chi connectivity index (χ1n) is 5.00. The Balaban J connectivity index is 3.03. The summed E-state index contributed by atoms with van der Waals surface area (Å²) in [5.74, 6) is -1.97. The van der Waals surface area contributed by atoms with Crippen LogP contribution in [0.1, 0.15) is 12.5 Å². The topological polar surface area (TPSA) is 83.8 Å². The van der Waals surface area contributed by atoms with Gasteiger partial charge in [0.25, 0.3) is 0 Å². The van der Waals surface area contributed by atoms with Crippen molar-refractivity contribution < 1.29 is 24.5 Å². The fourth-order valence-corrected chi connectivity index (χ4v) is 1.34. The molecule has 96 valence electrons. The highest BCUT2D eigenvalue weighted by Gasteiger charge is 2.14. The number of ether oxygens (including phenoxy) is 1. The first-order chi connectivity index (χ1) is 8.40. The Kier molecular flexibility index (Phi) is 4.74. The van der Waals surface area contributed by atoms with Crippen molar-refractivity contribution in [2.75, 3.05) is 0 Å². The third-order valence-corrected chi connectivity index (χ3v) is 2.26. The molecule has 0 radical (unpaired) electrons. The molecule has 0 saturated carbocycles. The van der Waals surface area contributed by atoms with Gasteiger partial charge in [-0.05, 0) is 31.2 Å². The zero-order chi connectivity index (χ0) is 13.7. The van der Waals surface area contributed by atoms with Gasteiger partial charge in [0.1, 0.15) is 5.75 Å². The van der Waals surface area contributed by atoms with Crippen molar-refractivity contribution in [1.82, 2.24) is 0 Å². The van der Waals surface area contributed by atoms with E-state index in [9.17, 15) is 9.59 Å². The number of aliphatic carboxylic acids is 2. The Hall–Kier alpha value is -2.01. The predicted molar refractivity (Wildman–Crippen MR) is 65.8 cm³/mol. The van der Waals surface area contributed by atoms with Crippen molar-refractivity contribution >= 4 is 29.6 Å². The average Bonchev–Trinajstić information content (AvgIpc) is 2.29. The second-order valence-corrected chi connectivity index (χ2v) is 3.89. The number of carboxylic acids is 2. The van der Waals surface area contributed by atoms with Crippen LogP contribution in [0.3, 0.4) is 0 Å². The summed E-state index contributed by atoms with van der Waals surface area (Å²) in [6.45, 7) is 1.38. The first-order valence-corrected chi connectivity index (χ1v) is 5.38. The molecule has 18 heavy (non-hydrogen) atoms.